The molecule has 0 saturated carbocycles. The van der Waals surface area contributed by atoms with Crippen LogP contribution in [0.25, 0.3) is 0 Å². The number of hydrogen-bond donors (Lipinski definition) is 0. The second-order valence-electron chi connectivity index (χ2n) is 3.24. The van der Waals surface area contributed by atoms with Gasteiger partial charge >= 0.3 is 5.69 Å². The van der Waals surface area contributed by atoms with Crippen molar-refractivity contribution in [3.8, 4) is 5.75 Å². The number of hydrogen-bond acceptors (Lipinski definition) is 5. The van der Waals surface area contributed by atoms with Gasteiger partial charge in [-0.05, 0) is 6.07 Å². The van der Waals surface area contributed by atoms with Gasteiger partial charge in [0.05, 0.1) is 9.80 Å². The zero-order chi connectivity index (χ0) is 13.1. The Kier molecular flexibility index (Phi) is 3.73. The number of nitrogens with zero attached hydrogens (tertiary/aromatic N) is 2. The highest BCUT2D eigenvalue weighted by molar-refractivity contribution is 7.15. The third-order valence-corrected chi connectivity index (χ3v) is 3.11. The van der Waals surface area contributed by atoms with Gasteiger partial charge in [-0.25, -0.2) is 4.98 Å². The first-order valence-electron chi connectivity index (χ1n) is 4.73. The number of ether oxygens (including phenoxy) is 1. The summed E-state index contributed by atoms with van der Waals surface area (Å²) < 4.78 is 18.9. The number of benzene rings is 1. The van der Waals surface area contributed by atoms with Crippen molar-refractivity contribution >= 4 is 28.6 Å². The first-order chi connectivity index (χ1) is 8.56. The Hall–Kier alpha value is -1.73. The summed E-state index contributed by atoms with van der Waals surface area (Å²) in [5.74, 6) is -0.720. The lowest BCUT2D eigenvalue weighted by Crippen LogP contribution is -1.96. The molecule has 0 saturated heterocycles. The summed E-state index contributed by atoms with van der Waals surface area (Å²) in [7, 11) is 0. The molecule has 18 heavy (non-hydrogen) atoms. The van der Waals surface area contributed by atoms with Crippen molar-refractivity contribution in [2.24, 2.45) is 0 Å². The Labute approximate surface area is 110 Å². The minimum absolute atomic E-state index is 0.182. The molecule has 0 aliphatic rings. The maximum absolute atomic E-state index is 13.3. The summed E-state index contributed by atoms with van der Waals surface area (Å²) in [4.78, 5) is 14.2. The van der Waals surface area contributed by atoms with E-state index in [1.807, 2.05) is 0 Å². The molecule has 0 atom stereocenters. The van der Waals surface area contributed by atoms with E-state index in [1.165, 1.54) is 17.4 Å². The van der Waals surface area contributed by atoms with Crippen molar-refractivity contribution in [3.05, 3.63) is 49.7 Å². The molecular weight excluding hydrogens is 283 g/mol. The summed E-state index contributed by atoms with van der Waals surface area (Å²) in [6.45, 7) is 0.182. The van der Waals surface area contributed by atoms with Gasteiger partial charge in [-0.15, -0.1) is 11.3 Å². The second kappa shape index (κ2) is 5.28. The summed E-state index contributed by atoms with van der Waals surface area (Å²) in [6, 6.07) is 3.37. The smallest absolute Gasteiger partial charge is 0.305 e. The number of rotatable bonds is 4. The van der Waals surface area contributed by atoms with Crippen molar-refractivity contribution < 1.29 is 14.1 Å². The van der Waals surface area contributed by atoms with E-state index in [2.05, 4.69) is 4.98 Å². The molecule has 5 nitrogen and oxygen atoms in total. The molecule has 0 amide bonds. The molecular formula is C10H6ClFN2O3S. The van der Waals surface area contributed by atoms with Gasteiger partial charge in [-0.2, -0.15) is 4.39 Å². The lowest BCUT2D eigenvalue weighted by atomic mass is 10.3. The zero-order valence-electron chi connectivity index (χ0n) is 8.80. The molecule has 2 rings (SSSR count). The highest BCUT2D eigenvalue weighted by Gasteiger charge is 2.14. The molecule has 1 aromatic heterocycles. The van der Waals surface area contributed by atoms with Crippen molar-refractivity contribution in [2.75, 3.05) is 0 Å². The fraction of sp³-hybridized carbons (Fsp3) is 0.100. The Morgan fingerprint density at radius 2 is 2.33 bits per heavy atom. The van der Waals surface area contributed by atoms with E-state index in [4.69, 9.17) is 16.3 Å². The number of halogens is 2. The number of nitro benzene ring substituents is 1. The molecule has 8 heteroatoms. The van der Waals surface area contributed by atoms with Gasteiger partial charge in [0.25, 0.3) is 0 Å². The van der Waals surface area contributed by atoms with Crippen LogP contribution >= 0.6 is 22.9 Å². The fourth-order valence-electron chi connectivity index (χ4n) is 1.23. The number of thiazole rings is 1. The Balaban J connectivity index is 2.06. The van der Waals surface area contributed by atoms with Crippen LogP contribution in [0.5, 0.6) is 5.75 Å². The molecule has 1 heterocycles. The first kappa shape index (κ1) is 12.7. The van der Waals surface area contributed by atoms with Crippen LogP contribution in [-0.2, 0) is 6.61 Å². The van der Waals surface area contributed by atoms with Gasteiger partial charge in [0.1, 0.15) is 12.4 Å². The van der Waals surface area contributed by atoms with E-state index >= 15 is 0 Å². The minimum atomic E-state index is -0.931. The maximum atomic E-state index is 13.3. The number of nitro groups is 1. The molecule has 0 aliphatic heterocycles. The normalized spacial score (nSPS) is 10.3. The molecule has 0 unspecified atom stereocenters. The molecule has 0 aliphatic carbocycles. The van der Waals surface area contributed by atoms with Crippen LogP contribution in [-0.4, -0.2) is 9.91 Å². The molecule has 2 aromatic rings. The quantitative estimate of drug-likeness (QED) is 0.638. The minimum Gasteiger partial charge on any atom is -0.488 e. The number of aromatic nitrogens is 1. The predicted octanol–water partition coefficient (Wildman–Crippen LogP) is 3.42. The van der Waals surface area contributed by atoms with E-state index in [-0.39, 0.29) is 12.4 Å². The summed E-state index contributed by atoms with van der Waals surface area (Å²) >= 11 is 6.89. The average Bonchev–Trinajstić information content (AvgIpc) is 2.72. The van der Waals surface area contributed by atoms with Crippen molar-refractivity contribution in [3.63, 3.8) is 0 Å². The largest absolute Gasteiger partial charge is 0.488 e. The molecule has 1 aromatic carbocycles. The van der Waals surface area contributed by atoms with Crippen LogP contribution in [0, 0.1) is 15.9 Å². The lowest BCUT2D eigenvalue weighted by molar-refractivity contribution is -0.387. The summed E-state index contributed by atoms with van der Waals surface area (Å²) in [5.41, 5.74) is -0.580. The molecule has 0 spiro atoms. The highest BCUT2D eigenvalue weighted by atomic mass is 35.5. The van der Waals surface area contributed by atoms with Crippen LogP contribution in [0.2, 0.25) is 4.47 Å². The van der Waals surface area contributed by atoms with Gasteiger partial charge < -0.3 is 4.74 Å². The van der Waals surface area contributed by atoms with Crippen LogP contribution in [0.4, 0.5) is 10.1 Å². The van der Waals surface area contributed by atoms with Crippen molar-refractivity contribution in [1.82, 2.24) is 4.98 Å². The Morgan fingerprint density at radius 1 is 1.56 bits per heavy atom. The van der Waals surface area contributed by atoms with Gasteiger partial charge in [0.2, 0.25) is 5.82 Å². The van der Waals surface area contributed by atoms with E-state index < -0.39 is 16.4 Å². The average molecular weight is 289 g/mol. The second-order valence-corrected chi connectivity index (χ2v) is 4.94. The zero-order valence-corrected chi connectivity index (χ0v) is 10.4. The van der Waals surface area contributed by atoms with E-state index in [1.54, 1.807) is 6.20 Å². The topological polar surface area (TPSA) is 65.3 Å². The molecule has 94 valence electrons. The van der Waals surface area contributed by atoms with E-state index in [0.717, 1.165) is 17.0 Å². The molecule has 0 N–H and O–H groups in total. The molecule has 0 fully saturated rings. The molecule has 0 radical (unpaired) electrons. The lowest BCUT2D eigenvalue weighted by Gasteiger charge is -2.04. The van der Waals surface area contributed by atoms with Crippen LogP contribution in [0.15, 0.2) is 24.4 Å². The van der Waals surface area contributed by atoms with Gasteiger partial charge in [0, 0.05) is 18.3 Å². The van der Waals surface area contributed by atoms with Gasteiger partial charge in [-0.1, -0.05) is 11.6 Å². The first-order valence-corrected chi connectivity index (χ1v) is 5.92. The van der Waals surface area contributed by atoms with Crippen LogP contribution in [0.1, 0.15) is 4.88 Å². The maximum Gasteiger partial charge on any atom is 0.305 e. The van der Waals surface area contributed by atoms with E-state index in [0.29, 0.717) is 4.47 Å². The Bertz CT molecular complexity index is 590. The van der Waals surface area contributed by atoms with Crippen LogP contribution in [0.3, 0.4) is 0 Å². The predicted molar refractivity (Wildman–Crippen MR) is 64.5 cm³/mol. The highest BCUT2D eigenvalue weighted by Crippen LogP contribution is 2.24. The third kappa shape index (κ3) is 2.93. The summed E-state index contributed by atoms with van der Waals surface area (Å²) in [5, 5.41) is 10.4. The monoisotopic (exact) mass is 288 g/mol. The standard InChI is InChI=1S/C10H6ClFN2O3S/c11-10-13-4-7(18-10)5-17-6-1-2-9(14(15)16)8(12)3-6/h1-4H,5H2. The van der Waals surface area contributed by atoms with Crippen LogP contribution < -0.4 is 4.74 Å². The van der Waals surface area contributed by atoms with E-state index in [9.17, 15) is 14.5 Å². The van der Waals surface area contributed by atoms with Gasteiger partial charge in [-0.3, -0.25) is 10.1 Å². The third-order valence-electron chi connectivity index (χ3n) is 2.02. The Morgan fingerprint density at radius 3 is 2.89 bits per heavy atom. The van der Waals surface area contributed by atoms with Gasteiger partial charge in [0.15, 0.2) is 4.47 Å². The van der Waals surface area contributed by atoms with Crippen molar-refractivity contribution in [2.45, 2.75) is 6.61 Å². The SMILES string of the molecule is O=[N+]([O-])c1ccc(OCc2cnc(Cl)s2)cc1F. The van der Waals surface area contributed by atoms with Crippen molar-refractivity contribution in [1.29, 1.82) is 0 Å². The molecule has 0 bridgehead atoms. The summed E-state index contributed by atoms with van der Waals surface area (Å²) in [6.07, 6.45) is 1.55. The fourth-order valence-corrected chi connectivity index (χ4v) is 2.12.